The van der Waals surface area contributed by atoms with E-state index in [1.54, 1.807) is 31.4 Å². The number of ether oxygens (including phenoxy) is 2. The van der Waals surface area contributed by atoms with E-state index in [4.69, 9.17) is 9.47 Å². The minimum absolute atomic E-state index is 0.116. The maximum atomic E-state index is 12.1. The van der Waals surface area contributed by atoms with Crippen molar-refractivity contribution in [2.45, 2.75) is 25.1 Å². The summed E-state index contributed by atoms with van der Waals surface area (Å²) in [5.74, 6) is 1.71. The first-order chi connectivity index (χ1) is 15.4. The quantitative estimate of drug-likeness (QED) is 0.534. The predicted molar refractivity (Wildman–Crippen MR) is 126 cm³/mol. The van der Waals surface area contributed by atoms with Crippen molar-refractivity contribution in [3.05, 3.63) is 72.3 Å². The average molecular weight is 456 g/mol. The number of methoxy groups -OCH3 is 1. The molecule has 0 aromatic heterocycles. The lowest BCUT2D eigenvalue weighted by molar-refractivity contribution is 0.0526. The van der Waals surface area contributed by atoms with Crippen LogP contribution in [0.4, 0.5) is 0 Å². The normalized spacial score (nSPS) is 18.7. The summed E-state index contributed by atoms with van der Waals surface area (Å²) in [6.07, 6.45) is -0.172. The Morgan fingerprint density at radius 3 is 2.47 bits per heavy atom. The summed E-state index contributed by atoms with van der Waals surface area (Å²) in [7, 11) is -1.43. The van der Waals surface area contributed by atoms with E-state index >= 15 is 0 Å². The number of aliphatic hydroxyl groups is 1. The number of hydrogen-bond acceptors (Lipinski definition) is 6. The second-order valence-corrected chi connectivity index (χ2v) is 10.5. The molecule has 3 aromatic carbocycles. The third-order valence-corrected chi connectivity index (χ3v) is 7.68. The van der Waals surface area contributed by atoms with Gasteiger partial charge in [0.15, 0.2) is 9.84 Å². The maximum Gasteiger partial charge on any atom is 0.151 e. The van der Waals surface area contributed by atoms with E-state index in [-0.39, 0.29) is 24.2 Å². The molecule has 7 heteroatoms. The summed E-state index contributed by atoms with van der Waals surface area (Å²) in [5, 5.41) is 13.0. The van der Waals surface area contributed by atoms with Crippen LogP contribution < -0.4 is 9.47 Å². The Bertz CT molecular complexity index is 1140. The fourth-order valence-electron chi connectivity index (χ4n) is 4.24. The summed E-state index contributed by atoms with van der Waals surface area (Å²) in [6, 6.07) is 21.4. The van der Waals surface area contributed by atoms with E-state index in [1.165, 1.54) is 0 Å². The van der Waals surface area contributed by atoms with Gasteiger partial charge in [0.25, 0.3) is 0 Å². The van der Waals surface area contributed by atoms with Gasteiger partial charge in [0.05, 0.1) is 18.6 Å². The van der Waals surface area contributed by atoms with E-state index in [2.05, 4.69) is 29.2 Å². The number of fused-ring (bicyclic) bond motifs is 1. The van der Waals surface area contributed by atoms with Crippen LogP contribution in [-0.2, 0) is 16.4 Å². The van der Waals surface area contributed by atoms with Gasteiger partial charge in [0.2, 0.25) is 0 Å². The van der Waals surface area contributed by atoms with Crippen molar-refractivity contribution in [3.8, 4) is 11.5 Å². The van der Waals surface area contributed by atoms with E-state index in [9.17, 15) is 13.5 Å². The van der Waals surface area contributed by atoms with Crippen LogP contribution >= 0.6 is 0 Å². The van der Waals surface area contributed by atoms with Crippen molar-refractivity contribution in [1.82, 2.24) is 4.90 Å². The SMILES string of the molecule is COc1ccc(OC[C@@H](O)CN(Cc2cccc3ccccc23)[C@H]2CCS(=O)(=O)C2)cc1. The molecular formula is C25H29NO5S. The van der Waals surface area contributed by atoms with Gasteiger partial charge >= 0.3 is 0 Å². The van der Waals surface area contributed by atoms with Crippen LogP contribution in [-0.4, -0.2) is 62.3 Å². The van der Waals surface area contributed by atoms with Crippen molar-refractivity contribution < 1.29 is 23.0 Å². The molecule has 1 heterocycles. The zero-order chi connectivity index (χ0) is 22.6. The lowest BCUT2D eigenvalue weighted by Gasteiger charge is -2.30. The Hall–Kier alpha value is -2.61. The highest BCUT2D eigenvalue weighted by atomic mass is 32.2. The van der Waals surface area contributed by atoms with Crippen LogP contribution in [0, 0.1) is 0 Å². The molecule has 0 bridgehead atoms. The summed E-state index contributed by atoms with van der Waals surface area (Å²) in [5.41, 5.74) is 1.12. The molecule has 0 saturated carbocycles. The standard InChI is InChI=1S/C25H29NO5S/c1-30-23-9-11-24(12-10-23)31-17-22(27)16-26(21-13-14-32(28,29)18-21)15-20-7-4-6-19-5-2-3-8-25(19)20/h2-12,21-22,27H,13-18H2,1H3/t21-,22-/m0/s1. The molecule has 0 amide bonds. The molecule has 3 aromatic rings. The average Bonchev–Trinajstić information content (AvgIpc) is 3.17. The molecule has 0 aliphatic carbocycles. The molecule has 1 saturated heterocycles. The van der Waals surface area contributed by atoms with Crippen LogP contribution in [0.2, 0.25) is 0 Å². The fraction of sp³-hybridized carbons (Fsp3) is 0.360. The zero-order valence-electron chi connectivity index (χ0n) is 18.2. The Kier molecular flexibility index (Phi) is 6.98. The fourth-order valence-corrected chi connectivity index (χ4v) is 6.00. The molecule has 4 rings (SSSR count). The molecule has 0 unspecified atom stereocenters. The highest BCUT2D eigenvalue weighted by Gasteiger charge is 2.33. The first-order valence-corrected chi connectivity index (χ1v) is 12.6. The van der Waals surface area contributed by atoms with E-state index in [0.29, 0.717) is 25.3 Å². The number of aliphatic hydroxyl groups excluding tert-OH is 1. The van der Waals surface area contributed by atoms with Crippen molar-refractivity contribution in [2.75, 3.05) is 31.8 Å². The molecule has 170 valence electrons. The first-order valence-electron chi connectivity index (χ1n) is 10.8. The largest absolute Gasteiger partial charge is 0.497 e. The molecule has 1 fully saturated rings. The highest BCUT2D eigenvalue weighted by molar-refractivity contribution is 7.91. The lowest BCUT2D eigenvalue weighted by Crippen LogP contribution is -2.42. The van der Waals surface area contributed by atoms with Gasteiger partial charge in [-0.15, -0.1) is 0 Å². The molecule has 0 spiro atoms. The van der Waals surface area contributed by atoms with Gasteiger partial charge in [-0.1, -0.05) is 42.5 Å². The first kappa shape index (κ1) is 22.6. The van der Waals surface area contributed by atoms with Gasteiger partial charge in [-0.2, -0.15) is 0 Å². The van der Waals surface area contributed by atoms with E-state index in [1.807, 2.05) is 18.2 Å². The van der Waals surface area contributed by atoms with Gasteiger partial charge in [-0.05, 0) is 47.0 Å². The third kappa shape index (κ3) is 5.59. The minimum atomic E-state index is -3.04. The van der Waals surface area contributed by atoms with Crippen LogP contribution in [0.25, 0.3) is 10.8 Å². The number of benzene rings is 3. The molecule has 2 atom stereocenters. The van der Waals surface area contributed by atoms with Crippen LogP contribution in [0.5, 0.6) is 11.5 Å². The smallest absolute Gasteiger partial charge is 0.151 e. The van der Waals surface area contributed by atoms with E-state index < -0.39 is 15.9 Å². The topological polar surface area (TPSA) is 76.1 Å². The second-order valence-electron chi connectivity index (χ2n) is 8.26. The number of hydrogen-bond donors (Lipinski definition) is 1. The molecular weight excluding hydrogens is 426 g/mol. The summed E-state index contributed by atoms with van der Waals surface area (Å²) >= 11 is 0. The highest BCUT2D eigenvalue weighted by Crippen LogP contribution is 2.25. The molecule has 32 heavy (non-hydrogen) atoms. The van der Waals surface area contributed by atoms with Crippen molar-refractivity contribution in [3.63, 3.8) is 0 Å². The molecule has 1 aliphatic heterocycles. The molecule has 0 radical (unpaired) electrons. The van der Waals surface area contributed by atoms with Gasteiger partial charge in [-0.3, -0.25) is 4.90 Å². The lowest BCUT2D eigenvalue weighted by atomic mass is 10.0. The Morgan fingerprint density at radius 2 is 1.75 bits per heavy atom. The Balaban J connectivity index is 1.47. The van der Waals surface area contributed by atoms with E-state index in [0.717, 1.165) is 22.1 Å². The Morgan fingerprint density at radius 1 is 1.03 bits per heavy atom. The summed E-state index contributed by atoms with van der Waals surface area (Å²) in [4.78, 5) is 2.09. The molecule has 6 nitrogen and oxygen atoms in total. The van der Waals surface area contributed by atoms with Gasteiger partial charge in [0.1, 0.15) is 24.2 Å². The second kappa shape index (κ2) is 9.90. The minimum Gasteiger partial charge on any atom is -0.497 e. The van der Waals surface area contributed by atoms with Gasteiger partial charge in [-0.25, -0.2) is 8.42 Å². The monoisotopic (exact) mass is 455 g/mol. The number of sulfone groups is 1. The van der Waals surface area contributed by atoms with Crippen LogP contribution in [0.1, 0.15) is 12.0 Å². The molecule has 1 N–H and O–H groups in total. The van der Waals surface area contributed by atoms with Gasteiger partial charge in [0, 0.05) is 19.1 Å². The maximum absolute atomic E-state index is 12.1. The van der Waals surface area contributed by atoms with Crippen LogP contribution in [0.3, 0.4) is 0 Å². The van der Waals surface area contributed by atoms with Crippen molar-refractivity contribution in [2.24, 2.45) is 0 Å². The van der Waals surface area contributed by atoms with Gasteiger partial charge < -0.3 is 14.6 Å². The third-order valence-electron chi connectivity index (χ3n) is 5.93. The van der Waals surface area contributed by atoms with Crippen molar-refractivity contribution in [1.29, 1.82) is 0 Å². The zero-order valence-corrected chi connectivity index (χ0v) is 19.0. The summed E-state index contributed by atoms with van der Waals surface area (Å²) in [6.45, 7) is 1.03. The number of rotatable bonds is 9. The molecule has 1 aliphatic rings. The van der Waals surface area contributed by atoms with Crippen LogP contribution in [0.15, 0.2) is 66.7 Å². The predicted octanol–water partition coefficient (Wildman–Crippen LogP) is 3.28. The number of nitrogens with zero attached hydrogens (tertiary/aromatic N) is 1. The Labute approximate surface area is 189 Å². The van der Waals surface area contributed by atoms with Crippen molar-refractivity contribution >= 4 is 20.6 Å². The summed E-state index contributed by atoms with van der Waals surface area (Å²) < 4.78 is 35.2.